The summed E-state index contributed by atoms with van der Waals surface area (Å²) in [7, 11) is 0. The van der Waals surface area contributed by atoms with E-state index in [1.165, 1.54) is 12.1 Å². The van der Waals surface area contributed by atoms with Gasteiger partial charge in [0.15, 0.2) is 0 Å². The SMILES string of the molecule is CC(NCc1cccc(CO)c1)c1ccc(F)cc1Br. The summed E-state index contributed by atoms with van der Waals surface area (Å²) in [4.78, 5) is 0. The maximum absolute atomic E-state index is 13.1. The van der Waals surface area contributed by atoms with Gasteiger partial charge in [0.2, 0.25) is 0 Å². The molecule has 0 aliphatic carbocycles. The molecule has 0 aliphatic rings. The number of hydrogen-bond acceptors (Lipinski definition) is 2. The highest BCUT2D eigenvalue weighted by atomic mass is 79.9. The molecule has 1 atom stereocenters. The second kappa shape index (κ2) is 6.97. The van der Waals surface area contributed by atoms with Crippen LogP contribution in [0.5, 0.6) is 0 Å². The molecule has 2 nitrogen and oxygen atoms in total. The van der Waals surface area contributed by atoms with Crippen LogP contribution in [0.15, 0.2) is 46.9 Å². The zero-order chi connectivity index (χ0) is 14.5. The van der Waals surface area contributed by atoms with E-state index < -0.39 is 0 Å². The third-order valence-electron chi connectivity index (χ3n) is 3.22. The van der Waals surface area contributed by atoms with Gasteiger partial charge >= 0.3 is 0 Å². The van der Waals surface area contributed by atoms with E-state index in [9.17, 15) is 4.39 Å². The fourth-order valence-electron chi connectivity index (χ4n) is 2.07. The van der Waals surface area contributed by atoms with E-state index in [0.717, 1.165) is 21.2 Å². The number of hydrogen-bond donors (Lipinski definition) is 2. The minimum Gasteiger partial charge on any atom is -0.392 e. The van der Waals surface area contributed by atoms with Crippen LogP contribution in [-0.4, -0.2) is 5.11 Å². The standard InChI is InChI=1S/C16H17BrFNO/c1-11(15-6-5-14(18)8-16(15)17)19-9-12-3-2-4-13(7-12)10-20/h2-8,11,19-20H,9-10H2,1H3. The average Bonchev–Trinajstić information content (AvgIpc) is 2.45. The summed E-state index contributed by atoms with van der Waals surface area (Å²) in [6.45, 7) is 2.78. The summed E-state index contributed by atoms with van der Waals surface area (Å²) < 4.78 is 13.8. The topological polar surface area (TPSA) is 32.3 Å². The van der Waals surface area contributed by atoms with E-state index in [1.807, 2.05) is 31.2 Å². The van der Waals surface area contributed by atoms with E-state index in [2.05, 4.69) is 21.2 Å². The Bertz CT molecular complexity index is 588. The quantitative estimate of drug-likeness (QED) is 0.866. The Hall–Kier alpha value is -1.23. The Kier molecular flexibility index (Phi) is 5.29. The molecule has 0 heterocycles. The van der Waals surface area contributed by atoms with Crippen molar-refractivity contribution in [1.82, 2.24) is 5.32 Å². The molecule has 2 aromatic rings. The first-order valence-corrected chi connectivity index (χ1v) is 7.26. The van der Waals surface area contributed by atoms with Gasteiger partial charge in [-0.1, -0.05) is 46.3 Å². The molecule has 0 bridgehead atoms. The Balaban J connectivity index is 2.02. The molecule has 0 aliphatic heterocycles. The van der Waals surface area contributed by atoms with Gasteiger partial charge in [0, 0.05) is 17.1 Å². The molecule has 2 aromatic carbocycles. The van der Waals surface area contributed by atoms with Gasteiger partial charge in [0.05, 0.1) is 6.61 Å². The van der Waals surface area contributed by atoms with Crippen LogP contribution < -0.4 is 5.32 Å². The highest BCUT2D eigenvalue weighted by Gasteiger charge is 2.09. The number of halogens is 2. The first-order valence-electron chi connectivity index (χ1n) is 6.47. The minimum atomic E-state index is -0.247. The number of aliphatic hydroxyl groups is 1. The van der Waals surface area contributed by atoms with E-state index in [-0.39, 0.29) is 18.5 Å². The van der Waals surface area contributed by atoms with Gasteiger partial charge < -0.3 is 10.4 Å². The zero-order valence-corrected chi connectivity index (χ0v) is 12.8. The van der Waals surface area contributed by atoms with E-state index in [0.29, 0.717) is 6.54 Å². The van der Waals surface area contributed by atoms with Crippen LogP contribution >= 0.6 is 15.9 Å². The number of rotatable bonds is 5. The summed E-state index contributed by atoms with van der Waals surface area (Å²) in [5, 5.41) is 12.5. The first kappa shape index (κ1) is 15.2. The molecule has 0 spiro atoms. The fourth-order valence-corrected chi connectivity index (χ4v) is 2.77. The van der Waals surface area contributed by atoms with Crippen molar-refractivity contribution in [2.24, 2.45) is 0 Å². The second-order valence-corrected chi connectivity index (χ2v) is 5.60. The molecule has 4 heteroatoms. The molecule has 20 heavy (non-hydrogen) atoms. The van der Waals surface area contributed by atoms with Crippen molar-refractivity contribution in [3.05, 3.63) is 69.4 Å². The molecule has 2 rings (SSSR count). The highest BCUT2D eigenvalue weighted by Crippen LogP contribution is 2.24. The molecular formula is C16H17BrFNO. The van der Waals surface area contributed by atoms with Crippen LogP contribution in [-0.2, 0) is 13.2 Å². The predicted molar refractivity (Wildman–Crippen MR) is 81.7 cm³/mol. The average molecular weight is 338 g/mol. The Labute approximate surface area is 126 Å². The molecule has 0 amide bonds. The zero-order valence-electron chi connectivity index (χ0n) is 11.2. The van der Waals surface area contributed by atoms with E-state index >= 15 is 0 Å². The Morgan fingerprint density at radius 1 is 1.20 bits per heavy atom. The van der Waals surface area contributed by atoms with Crippen LogP contribution in [0, 0.1) is 5.82 Å². The van der Waals surface area contributed by atoms with Gasteiger partial charge in [-0.25, -0.2) is 4.39 Å². The molecule has 0 saturated carbocycles. The molecular weight excluding hydrogens is 321 g/mol. The lowest BCUT2D eigenvalue weighted by Gasteiger charge is -2.16. The lowest BCUT2D eigenvalue weighted by molar-refractivity contribution is 0.281. The van der Waals surface area contributed by atoms with Crippen LogP contribution in [0.2, 0.25) is 0 Å². The lowest BCUT2D eigenvalue weighted by Crippen LogP contribution is -2.18. The summed E-state index contributed by atoms with van der Waals surface area (Å²) in [6, 6.07) is 12.6. The molecule has 0 fully saturated rings. The predicted octanol–water partition coefficient (Wildman–Crippen LogP) is 3.93. The molecule has 0 radical (unpaired) electrons. The van der Waals surface area contributed by atoms with Gasteiger partial charge in [-0.15, -0.1) is 0 Å². The van der Waals surface area contributed by atoms with Crippen LogP contribution in [0.3, 0.4) is 0 Å². The van der Waals surface area contributed by atoms with Crippen LogP contribution in [0.4, 0.5) is 4.39 Å². The molecule has 0 saturated heterocycles. The Morgan fingerprint density at radius 3 is 2.65 bits per heavy atom. The summed E-state index contributed by atoms with van der Waals surface area (Å²) >= 11 is 3.38. The lowest BCUT2D eigenvalue weighted by atomic mass is 10.1. The normalized spacial score (nSPS) is 12.4. The molecule has 1 unspecified atom stereocenters. The van der Waals surface area contributed by atoms with Crippen molar-refractivity contribution >= 4 is 15.9 Å². The van der Waals surface area contributed by atoms with Crippen LogP contribution in [0.1, 0.15) is 29.7 Å². The molecule has 106 valence electrons. The van der Waals surface area contributed by atoms with Gasteiger partial charge in [-0.2, -0.15) is 0 Å². The van der Waals surface area contributed by atoms with Crippen molar-refractivity contribution in [1.29, 1.82) is 0 Å². The van der Waals surface area contributed by atoms with Crippen molar-refractivity contribution in [2.75, 3.05) is 0 Å². The van der Waals surface area contributed by atoms with Gasteiger partial charge in [-0.3, -0.25) is 0 Å². The van der Waals surface area contributed by atoms with Crippen LogP contribution in [0.25, 0.3) is 0 Å². The van der Waals surface area contributed by atoms with E-state index in [4.69, 9.17) is 5.11 Å². The van der Waals surface area contributed by atoms with Gasteiger partial charge in [0.25, 0.3) is 0 Å². The van der Waals surface area contributed by atoms with Crippen molar-refractivity contribution < 1.29 is 9.50 Å². The van der Waals surface area contributed by atoms with Gasteiger partial charge in [-0.05, 0) is 35.7 Å². The first-order chi connectivity index (χ1) is 9.60. The van der Waals surface area contributed by atoms with E-state index in [1.54, 1.807) is 6.07 Å². The van der Waals surface area contributed by atoms with Crippen molar-refractivity contribution in [3.8, 4) is 0 Å². The maximum atomic E-state index is 13.1. The summed E-state index contributed by atoms with van der Waals surface area (Å²) in [6.07, 6.45) is 0. The third kappa shape index (κ3) is 3.88. The number of benzene rings is 2. The maximum Gasteiger partial charge on any atom is 0.124 e. The third-order valence-corrected chi connectivity index (χ3v) is 3.90. The second-order valence-electron chi connectivity index (χ2n) is 4.75. The largest absolute Gasteiger partial charge is 0.392 e. The summed E-state index contributed by atoms with van der Waals surface area (Å²) in [5.74, 6) is -0.247. The monoisotopic (exact) mass is 337 g/mol. The van der Waals surface area contributed by atoms with Crippen molar-refractivity contribution in [3.63, 3.8) is 0 Å². The fraction of sp³-hybridized carbons (Fsp3) is 0.250. The molecule has 2 N–H and O–H groups in total. The summed E-state index contributed by atoms with van der Waals surface area (Å²) in [5.41, 5.74) is 3.03. The highest BCUT2D eigenvalue weighted by molar-refractivity contribution is 9.10. The smallest absolute Gasteiger partial charge is 0.124 e. The van der Waals surface area contributed by atoms with Gasteiger partial charge in [0.1, 0.15) is 5.82 Å². The number of aliphatic hydroxyl groups excluding tert-OH is 1. The minimum absolute atomic E-state index is 0.0485. The number of nitrogens with one attached hydrogen (secondary N) is 1. The molecule has 0 aromatic heterocycles. The van der Waals surface area contributed by atoms with Crippen molar-refractivity contribution in [2.45, 2.75) is 26.1 Å². The Morgan fingerprint density at radius 2 is 1.95 bits per heavy atom.